The van der Waals surface area contributed by atoms with Crippen molar-refractivity contribution in [2.24, 2.45) is 11.8 Å². The first-order valence-electron chi connectivity index (χ1n) is 6.30. The highest BCUT2D eigenvalue weighted by Gasteiger charge is 2.30. The van der Waals surface area contributed by atoms with Gasteiger partial charge in [-0.3, -0.25) is 0 Å². The van der Waals surface area contributed by atoms with Crippen LogP contribution in [0, 0.1) is 11.8 Å². The maximum Gasteiger partial charge on any atom is -0.0185 e. The van der Waals surface area contributed by atoms with Crippen molar-refractivity contribution in [2.75, 3.05) is 0 Å². The molecule has 0 saturated heterocycles. The third-order valence-electron chi connectivity index (χ3n) is 3.77. The highest BCUT2D eigenvalue weighted by molar-refractivity contribution is 5.69. The largest absolute Gasteiger partial charge is 0.0639 e. The minimum Gasteiger partial charge on any atom is -0.0639 e. The molecule has 0 aliphatic heterocycles. The summed E-state index contributed by atoms with van der Waals surface area (Å²) in [7, 11) is 0. The Morgan fingerprint density at radius 3 is 2.38 bits per heavy atom. The van der Waals surface area contributed by atoms with E-state index in [2.05, 4.69) is 49.4 Å². The van der Waals surface area contributed by atoms with E-state index in [1.165, 1.54) is 30.4 Å². The second-order valence-corrected chi connectivity index (χ2v) is 5.10. The van der Waals surface area contributed by atoms with Crippen LogP contribution >= 0.6 is 0 Å². The lowest BCUT2D eigenvalue weighted by Gasteiger charge is -2.21. The fourth-order valence-electron chi connectivity index (χ4n) is 2.70. The summed E-state index contributed by atoms with van der Waals surface area (Å²) >= 11 is 0. The van der Waals surface area contributed by atoms with Crippen LogP contribution in [0.4, 0.5) is 0 Å². The summed E-state index contributed by atoms with van der Waals surface area (Å²) in [6, 6.07) is 10.8. The fourth-order valence-corrected chi connectivity index (χ4v) is 2.70. The minimum atomic E-state index is 0.743. The van der Waals surface area contributed by atoms with Crippen LogP contribution in [0.15, 0.2) is 48.1 Å². The van der Waals surface area contributed by atoms with Crippen molar-refractivity contribution in [1.82, 2.24) is 0 Å². The number of benzene rings is 1. The molecule has 1 aromatic rings. The van der Waals surface area contributed by atoms with Crippen LogP contribution in [-0.2, 0) is 0 Å². The molecular formula is C16H18. The van der Waals surface area contributed by atoms with Crippen LogP contribution in [0.2, 0.25) is 0 Å². The van der Waals surface area contributed by atoms with E-state index in [4.69, 9.17) is 0 Å². The Balaban J connectivity index is 1.88. The van der Waals surface area contributed by atoms with E-state index in [-0.39, 0.29) is 0 Å². The monoisotopic (exact) mass is 210 g/mol. The average Bonchev–Trinajstić information content (AvgIpc) is 3.14. The van der Waals surface area contributed by atoms with Crippen LogP contribution in [0.1, 0.15) is 31.7 Å². The molecule has 0 spiro atoms. The second kappa shape index (κ2) is 3.93. The molecule has 0 amide bonds. The molecule has 1 saturated carbocycles. The SMILES string of the molecule is CC1CC(c2ccccc2)=CC=C1C1CC1. The van der Waals surface area contributed by atoms with E-state index >= 15 is 0 Å². The van der Waals surface area contributed by atoms with Crippen LogP contribution < -0.4 is 0 Å². The summed E-state index contributed by atoms with van der Waals surface area (Å²) in [5, 5.41) is 0. The molecule has 2 aliphatic carbocycles. The molecule has 0 bridgehead atoms. The van der Waals surface area contributed by atoms with Gasteiger partial charge in [-0.15, -0.1) is 0 Å². The van der Waals surface area contributed by atoms with Gasteiger partial charge in [0.15, 0.2) is 0 Å². The molecule has 16 heavy (non-hydrogen) atoms. The first-order chi connectivity index (χ1) is 7.84. The second-order valence-electron chi connectivity index (χ2n) is 5.10. The predicted molar refractivity (Wildman–Crippen MR) is 69.0 cm³/mol. The van der Waals surface area contributed by atoms with Gasteiger partial charge in [-0.05, 0) is 42.2 Å². The number of rotatable bonds is 2. The molecule has 0 radical (unpaired) electrons. The molecule has 3 rings (SSSR count). The summed E-state index contributed by atoms with van der Waals surface area (Å²) in [5.41, 5.74) is 4.58. The summed E-state index contributed by atoms with van der Waals surface area (Å²) in [5.74, 6) is 1.66. The van der Waals surface area contributed by atoms with Crippen molar-refractivity contribution in [3.63, 3.8) is 0 Å². The van der Waals surface area contributed by atoms with Gasteiger partial charge in [0.2, 0.25) is 0 Å². The Bertz CT molecular complexity index is 432. The van der Waals surface area contributed by atoms with Crippen LogP contribution in [0.5, 0.6) is 0 Å². The van der Waals surface area contributed by atoms with Crippen LogP contribution in [-0.4, -0.2) is 0 Å². The van der Waals surface area contributed by atoms with Gasteiger partial charge >= 0.3 is 0 Å². The first-order valence-corrected chi connectivity index (χ1v) is 6.30. The minimum absolute atomic E-state index is 0.743. The van der Waals surface area contributed by atoms with Crippen molar-refractivity contribution in [3.8, 4) is 0 Å². The quantitative estimate of drug-likeness (QED) is 0.676. The maximum atomic E-state index is 2.38. The number of allylic oxidation sites excluding steroid dienone is 4. The zero-order valence-corrected chi connectivity index (χ0v) is 9.82. The average molecular weight is 210 g/mol. The first kappa shape index (κ1) is 9.89. The Hall–Kier alpha value is -1.30. The van der Waals surface area contributed by atoms with Crippen molar-refractivity contribution in [2.45, 2.75) is 26.2 Å². The van der Waals surface area contributed by atoms with Crippen molar-refractivity contribution >= 4 is 5.57 Å². The van der Waals surface area contributed by atoms with Gasteiger partial charge in [0.25, 0.3) is 0 Å². The lowest BCUT2D eigenvalue weighted by molar-refractivity contribution is 0.649. The molecule has 0 heterocycles. The maximum absolute atomic E-state index is 2.38. The number of hydrogen-bond acceptors (Lipinski definition) is 0. The summed E-state index contributed by atoms with van der Waals surface area (Å²) in [6.07, 6.45) is 8.78. The van der Waals surface area contributed by atoms with Gasteiger partial charge in [-0.2, -0.15) is 0 Å². The summed E-state index contributed by atoms with van der Waals surface area (Å²) in [6.45, 7) is 2.38. The standard InChI is InChI=1S/C16H18/c1-12-11-15(13-5-3-2-4-6-13)9-10-16(12)14-7-8-14/h2-6,9-10,12,14H,7-8,11H2,1H3. The highest BCUT2D eigenvalue weighted by Crippen LogP contribution is 2.44. The van der Waals surface area contributed by atoms with E-state index in [1.807, 2.05) is 0 Å². The smallest absolute Gasteiger partial charge is 0.0185 e. The molecule has 1 unspecified atom stereocenters. The molecule has 82 valence electrons. The molecule has 0 heteroatoms. The third-order valence-corrected chi connectivity index (χ3v) is 3.77. The van der Waals surface area contributed by atoms with Crippen molar-refractivity contribution in [1.29, 1.82) is 0 Å². The molecule has 1 aromatic carbocycles. The van der Waals surface area contributed by atoms with Crippen LogP contribution in [0.25, 0.3) is 5.57 Å². The molecular weight excluding hydrogens is 192 g/mol. The summed E-state index contributed by atoms with van der Waals surface area (Å²) in [4.78, 5) is 0. The Kier molecular flexibility index (Phi) is 2.43. The van der Waals surface area contributed by atoms with Gasteiger partial charge < -0.3 is 0 Å². The zero-order valence-electron chi connectivity index (χ0n) is 9.82. The van der Waals surface area contributed by atoms with E-state index < -0.39 is 0 Å². The molecule has 2 aliphatic rings. The van der Waals surface area contributed by atoms with Crippen LogP contribution in [0.3, 0.4) is 0 Å². The lowest BCUT2D eigenvalue weighted by atomic mass is 9.83. The zero-order chi connectivity index (χ0) is 11.0. The molecule has 1 fully saturated rings. The highest BCUT2D eigenvalue weighted by atomic mass is 14.3. The van der Waals surface area contributed by atoms with Gasteiger partial charge in [0, 0.05) is 0 Å². The molecule has 0 nitrogen and oxygen atoms in total. The van der Waals surface area contributed by atoms with E-state index in [0.29, 0.717) is 0 Å². The van der Waals surface area contributed by atoms with Crippen molar-refractivity contribution < 1.29 is 0 Å². The molecule has 0 aromatic heterocycles. The third kappa shape index (κ3) is 1.84. The fraction of sp³-hybridized carbons (Fsp3) is 0.375. The topological polar surface area (TPSA) is 0 Å². The lowest BCUT2D eigenvalue weighted by Crippen LogP contribution is -2.06. The van der Waals surface area contributed by atoms with E-state index in [0.717, 1.165) is 11.8 Å². The Morgan fingerprint density at radius 1 is 1.00 bits per heavy atom. The Morgan fingerprint density at radius 2 is 1.75 bits per heavy atom. The predicted octanol–water partition coefficient (Wildman–Crippen LogP) is 4.45. The van der Waals surface area contributed by atoms with Gasteiger partial charge in [0.1, 0.15) is 0 Å². The van der Waals surface area contributed by atoms with Crippen molar-refractivity contribution in [3.05, 3.63) is 53.6 Å². The Labute approximate surface area is 97.7 Å². The van der Waals surface area contributed by atoms with Gasteiger partial charge in [-0.1, -0.05) is 55.0 Å². The summed E-state index contributed by atoms with van der Waals surface area (Å²) < 4.78 is 0. The van der Waals surface area contributed by atoms with Gasteiger partial charge in [-0.25, -0.2) is 0 Å². The molecule has 1 atom stereocenters. The number of hydrogen-bond donors (Lipinski definition) is 0. The van der Waals surface area contributed by atoms with E-state index in [1.54, 1.807) is 5.57 Å². The normalized spacial score (nSPS) is 24.9. The van der Waals surface area contributed by atoms with Gasteiger partial charge in [0.05, 0.1) is 0 Å². The van der Waals surface area contributed by atoms with E-state index in [9.17, 15) is 0 Å². The molecule has 0 N–H and O–H groups in total.